The summed E-state index contributed by atoms with van der Waals surface area (Å²) in [7, 11) is 0. The van der Waals surface area contributed by atoms with Gasteiger partial charge in [-0.15, -0.1) is 0 Å². The van der Waals surface area contributed by atoms with E-state index in [1.165, 1.54) is 12.1 Å². The highest BCUT2D eigenvalue weighted by Crippen LogP contribution is 2.36. The maximum absolute atomic E-state index is 11.9. The van der Waals surface area contributed by atoms with E-state index >= 15 is 0 Å². The van der Waals surface area contributed by atoms with E-state index in [1.54, 1.807) is 13.8 Å². The molecule has 0 saturated carbocycles. The molecule has 2 aromatic rings. The smallest absolute Gasteiger partial charge is 0.315 e. The van der Waals surface area contributed by atoms with Crippen LogP contribution in [0.1, 0.15) is 17.0 Å². The van der Waals surface area contributed by atoms with Crippen LogP contribution in [0.5, 0.6) is 5.75 Å². The van der Waals surface area contributed by atoms with Gasteiger partial charge in [0.2, 0.25) is 0 Å². The lowest BCUT2D eigenvalue weighted by Crippen LogP contribution is -2.12. The van der Waals surface area contributed by atoms with Crippen LogP contribution >= 0.6 is 34.8 Å². The Morgan fingerprint density at radius 1 is 1.25 bits per heavy atom. The summed E-state index contributed by atoms with van der Waals surface area (Å²) in [6.07, 6.45) is 0.0243. The van der Waals surface area contributed by atoms with Gasteiger partial charge < -0.3 is 9.26 Å². The molecule has 1 aromatic heterocycles. The fraction of sp³-hybridized carbons (Fsp3) is 0.231. The van der Waals surface area contributed by atoms with Gasteiger partial charge in [-0.3, -0.25) is 4.79 Å². The van der Waals surface area contributed by atoms with Crippen molar-refractivity contribution in [3.8, 4) is 5.75 Å². The third kappa shape index (κ3) is 3.26. The minimum Gasteiger partial charge on any atom is -0.423 e. The number of carbonyl (C=O) groups excluding carboxylic acids is 1. The zero-order chi connectivity index (χ0) is 14.9. The molecule has 0 bridgehead atoms. The topological polar surface area (TPSA) is 52.3 Å². The van der Waals surface area contributed by atoms with Crippen molar-refractivity contribution < 1.29 is 14.1 Å². The van der Waals surface area contributed by atoms with Crippen LogP contribution in [0.15, 0.2) is 16.7 Å². The van der Waals surface area contributed by atoms with Gasteiger partial charge in [-0.05, 0) is 26.0 Å². The Morgan fingerprint density at radius 2 is 1.85 bits per heavy atom. The fourth-order valence-corrected chi connectivity index (χ4v) is 2.57. The fourth-order valence-electron chi connectivity index (χ4n) is 1.67. The van der Waals surface area contributed by atoms with Crippen LogP contribution in [-0.2, 0) is 11.2 Å². The summed E-state index contributed by atoms with van der Waals surface area (Å²) < 4.78 is 10.2. The Labute approximate surface area is 130 Å². The van der Waals surface area contributed by atoms with E-state index in [-0.39, 0.29) is 22.2 Å². The number of hydrogen-bond donors (Lipinski definition) is 0. The number of aryl methyl sites for hydroxylation is 2. The third-order valence-corrected chi connectivity index (χ3v) is 3.46. The summed E-state index contributed by atoms with van der Waals surface area (Å²) in [5.41, 5.74) is 1.34. The number of benzene rings is 1. The second-order valence-corrected chi connectivity index (χ2v) is 5.40. The SMILES string of the molecule is Cc1noc(C)c1CC(=O)Oc1c(Cl)cc(Cl)cc1Cl. The van der Waals surface area contributed by atoms with Crippen molar-refractivity contribution in [1.29, 1.82) is 0 Å². The minimum atomic E-state index is -0.509. The second kappa shape index (κ2) is 6.04. The van der Waals surface area contributed by atoms with Crippen LogP contribution in [0.25, 0.3) is 0 Å². The van der Waals surface area contributed by atoms with Crippen molar-refractivity contribution in [3.63, 3.8) is 0 Å². The lowest BCUT2D eigenvalue weighted by molar-refractivity contribution is -0.133. The summed E-state index contributed by atoms with van der Waals surface area (Å²) in [6, 6.07) is 2.90. The van der Waals surface area contributed by atoms with Crippen molar-refractivity contribution in [1.82, 2.24) is 5.16 Å². The van der Waals surface area contributed by atoms with Crippen molar-refractivity contribution in [2.24, 2.45) is 0 Å². The number of nitrogens with zero attached hydrogens (tertiary/aromatic N) is 1. The number of rotatable bonds is 3. The molecule has 0 unspecified atom stereocenters. The van der Waals surface area contributed by atoms with Crippen LogP contribution in [0.4, 0.5) is 0 Å². The molecule has 0 aliphatic carbocycles. The molecule has 0 amide bonds. The summed E-state index contributed by atoms with van der Waals surface area (Å²) in [5.74, 6) is 0.160. The Bertz CT molecular complexity index is 624. The molecule has 0 aliphatic heterocycles. The molecule has 0 aliphatic rings. The van der Waals surface area contributed by atoms with Crippen LogP contribution < -0.4 is 4.74 Å². The molecule has 0 saturated heterocycles. The van der Waals surface area contributed by atoms with Crippen molar-refractivity contribution in [2.45, 2.75) is 20.3 Å². The molecular weight excluding hydrogens is 325 g/mol. The maximum Gasteiger partial charge on any atom is 0.315 e. The van der Waals surface area contributed by atoms with Gasteiger partial charge in [-0.2, -0.15) is 0 Å². The van der Waals surface area contributed by atoms with E-state index in [1.807, 2.05) is 0 Å². The molecule has 4 nitrogen and oxygen atoms in total. The first-order valence-electron chi connectivity index (χ1n) is 5.65. The number of halogens is 3. The van der Waals surface area contributed by atoms with Gasteiger partial charge >= 0.3 is 5.97 Å². The van der Waals surface area contributed by atoms with Gasteiger partial charge in [-0.25, -0.2) is 0 Å². The Kier molecular flexibility index (Phi) is 4.58. The van der Waals surface area contributed by atoms with Crippen LogP contribution in [0.2, 0.25) is 15.1 Å². The van der Waals surface area contributed by atoms with Gasteiger partial charge in [0.25, 0.3) is 0 Å². The number of aromatic nitrogens is 1. The second-order valence-electron chi connectivity index (χ2n) is 4.15. The standard InChI is InChI=1S/C13H10Cl3NO3/c1-6-9(7(2)20-17-6)5-12(18)19-13-10(15)3-8(14)4-11(13)16/h3-4H,5H2,1-2H3. The number of esters is 1. The molecule has 0 fully saturated rings. The molecule has 1 aromatic carbocycles. The van der Waals surface area contributed by atoms with Crippen molar-refractivity contribution in [3.05, 3.63) is 44.2 Å². The predicted molar refractivity (Wildman–Crippen MR) is 76.8 cm³/mol. The minimum absolute atomic E-state index is 0.0243. The summed E-state index contributed by atoms with van der Waals surface area (Å²) in [5, 5.41) is 4.49. The van der Waals surface area contributed by atoms with Crippen molar-refractivity contribution in [2.75, 3.05) is 0 Å². The first-order chi connectivity index (χ1) is 9.38. The first-order valence-corrected chi connectivity index (χ1v) is 6.79. The van der Waals surface area contributed by atoms with Crippen LogP contribution in [0.3, 0.4) is 0 Å². The molecule has 1 heterocycles. The summed E-state index contributed by atoms with van der Waals surface area (Å²) in [6.45, 7) is 3.48. The zero-order valence-electron chi connectivity index (χ0n) is 10.7. The highest BCUT2D eigenvalue weighted by molar-refractivity contribution is 6.40. The highest BCUT2D eigenvalue weighted by Gasteiger charge is 2.18. The quantitative estimate of drug-likeness (QED) is 0.616. The van der Waals surface area contributed by atoms with Crippen LogP contribution in [-0.4, -0.2) is 11.1 Å². The maximum atomic E-state index is 11.9. The molecule has 0 N–H and O–H groups in total. The molecule has 20 heavy (non-hydrogen) atoms. The van der Waals surface area contributed by atoms with E-state index in [9.17, 15) is 4.79 Å². The Hall–Kier alpha value is -1.23. The van der Waals surface area contributed by atoms with E-state index < -0.39 is 5.97 Å². The Morgan fingerprint density at radius 3 is 2.35 bits per heavy atom. The molecular formula is C13H10Cl3NO3. The van der Waals surface area contributed by atoms with E-state index in [4.69, 9.17) is 44.1 Å². The van der Waals surface area contributed by atoms with Gasteiger partial charge in [0.05, 0.1) is 22.2 Å². The van der Waals surface area contributed by atoms with Gasteiger partial charge in [-0.1, -0.05) is 40.0 Å². The van der Waals surface area contributed by atoms with Gasteiger partial charge in [0.15, 0.2) is 5.75 Å². The molecule has 2 rings (SSSR count). The van der Waals surface area contributed by atoms with E-state index in [0.29, 0.717) is 22.0 Å². The molecule has 7 heteroatoms. The Balaban J connectivity index is 2.17. The van der Waals surface area contributed by atoms with E-state index in [2.05, 4.69) is 5.16 Å². The highest BCUT2D eigenvalue weighted by atomic mass is 35.5. The summed E-state index contributed by atoms with van der Waals surface area (Å²) in [4.78, 5) is 11.9. The average molecular weight is 335 g/mol. The third-order valence-electron chi connectivity index (χ3n) is 2.68. The molecule has 0 spiro atoms. The normalized spacial score (nSPS) is 10.7. The first kappa shape index (κ1) is 15.2. The van der Waals surface area contributed by atoms with E-state index in [0.717, 1.165) is 0 Å². The largest absolute Gasteiger partial charge is 0.423 e. The molecule has 0 radical (unpaired) electrons. The predicted octanol–water partition coefficient (Wildman–Crippen LogP) is 4.40. The molecule has 0 atom stereocenters. The monoisotopic (exact) mass is 333 g/mol. The van der Waals surface area contributed by atoms with Crippen molar-refractivity contribution >= 4 is 40.8 Å². The molecule has 106 valence electrons. The number of ether oxygens (including phenoxy) is 1. The zero-order valence-corrected chi connectivity index (χ0v) is 12.9. The number of carbonyl (C=O) groups is 1. The number of hydrogen-bond acceptors (Lipinski definition) is 4. The average Bonchev–Trinajstić information content (AvgIpc) is 2.65. The van der Waals surface area contributed by atoms with Crippen LogP contribution in [0, 0.1) is 13.8 Å². The summed E-state index contributed by atoms with van der Waals surface area (Å²) >= 11 is 17.7. The lowest BCUT2D eigenvalue weighted by Gasteiger charge is -2.08. The van der Waals surface area contributed by atoms with Gasteiger partial charge in [0, 0.05) is 10.6 Å². The lowest BCUT2D eigenvalue weighted by atomic mass is 10.1. The van der Waals surface area contributed by atoms with Gasteiger partial charge in [0.1, 0.15) is 5.76 Å².